The second kappa shape index (κ2) is 7.25. The van der Waals surface area contributed by atoms with Crippen LogP contribution in [0.25, 0.3) is 0 Å². The van der Waals surface area contributed by atoms with Gasteiger partial charge in [-0.3, -0.25) is 0 Å². The standard InChI is InChI=1S/C17H19F3N4O/c1-12-21-8-5-15(22-12)24-9-6-13(7-10-24)11-25-16-4-2-3-14(23-16)17(18,19)20/h2-5,8,13H,6-7,9-11H2,1H3. The van der Waals surface area contributed by atoms with Gasteiger partial charge in [-0.2, -0.15) is 13.2 Å². The van der Waals surface area contributed by atoms with E-state index < -0.39 is 11.9 Å². The number of halogens is 3. The number of ether oxygens (including phenoxy) is 1. The van der Waals surface area contributed by atoms with Gasteiger partial charge < -0.3 is 9.64 Å². The van der Waals surface area contributed by atoms with Crippen LogP contribution in [0.4, 0.5) is 19.0 Å². The third-order valence-corrected chi connectivity index (χ3v) is 4.18. The molecule has 1 aliphatic heterocycles. The van der Waals surface area contributed by atoms with E-state index in [2.05, 4.69) is 19.9 Å². The van der Waals surface area contributed by atoms with Gasteiger partial charge in [0.2, 0.25) is 5.88 Å². The number of anilines is 1. The van der Waals surface area contributed by atoms with Crippen LogP contribution in [0.2, 0.25) is 0 Å². The number of aryl methyl sites for hydroxylation is 1. The molecule has 0 N–H and O–H groups in total. The molecule has 3 rings (SSSR count). The van der Waals surface area contributed by atoms with E-state index in [-0.39, 0.29) is 11.8 Å². The molecule has 1 aliphatic rings. The Bertz CT molecular complexity index is 715. The van der Waals surface area contributed by atoms with Gasteiger partial charge >= 0.3 is 6.18 Å². The van der Waals surface area contributed by atoms with E-state index in [1.165, 1.54) is 12.1 Å². The number of nitrogens with zero attached hydrogens (tertiary/aromatic N) is 4. The third kappa shape index (κ3) is 4.58. The van der Waals surface area contributed by atoms with Crippen LogP contribution in [0, 0.1) is 12.8 Å². The lowest BCUT2D eigenvalue weighted by Gasteiger charge is -2.32. The summed E-state index contributed by atoms with van der Waals surface area (Å²) in [4.78, 5) is 14.2. The number of hydrogen-bond donors (Lipinski definition) is 0. The quantitative estimate of drug-likeness (QED) is 0.843. The maximum absolute atomic E-state index is 12.7. The highest BCUT2D eigenvalue weighted by Crippen LogP contribution is 2.29. The summed E-state index contributed by atoms with van der Waals surface area (Å²) in [5, 5.41) is 0. The summed E-state index contributed by atoms with van der Waals surface area (Å²) < 4.78 is 43.5. The van der Waals surface area contributed by atoms with Crippen molar-refractivity contribution < 1.29 is 17.9 Å². The predicted octanol–water partition coefficient (Wildman–Crippen LogP) is 3.49. The Morgan fingerprint density at radius 3 is 2.60 bits per heavy atom. The number of aromatic nitrogens is 3. The molecular weight excluding hydrogens is 333 g/mol. The molecule has 1 fully saturated rings. The summed E-state index contributed by atoms with van der Waals surface area (Å²) in [6, 6.07) is 5.59. The first kappa shape index (κ1) is 17.4. The average Bonchev–Trinajstić information content (AvgIpc) is 2.60. The molecule has 0 unspecified atom stereocenters. The van der Waals surface area contributed by atoms with Gasteiger partial charge in [0.1, 0.15) is 17.3 Å². The molecule has 25 heavy (non-hydrogen) atoms. The Morgan fingerprint density at radius 2 is 1.92 bits per heavy atom. The Labute approximate surface area is 143 Å². The van der Waals surface area contributed by atoms with Crippen LogP contribution in [-0.2, 0) is 6.18 Å². The molecule has 0 aromatic carbocycles. The van der Waals surface area contributed by atoms with Crippen LogP contribution in [-0.4, -0.2) is 34.6 Å². The maximum atomic E-state index is 12.7. The Morgan fingerprint density at radius 1 is 1.16 bits per heavy atom. The van der Waals surface area contributed by atoms with Crippen molar-refractivity contribution in [3.05, 3.63) is 42.0 Å². The first-order valence-electron chi connectivity index (χ1n) is 8.13. The maximum Gasteiger partial charge on any atom is 0.433 e. The minimum Gasteiger partial charge on any atom is -0.477 e. The smallest absolute Gasteiger partial charge is 0.433 e. The molecule has 5 nitrogen and oxygen atoms in total. The fourth-order valence-corrected chi connectivity index (χ4v) is 2.80. The third-order valence-electron chi connectivity index (χ3n) is 4.18. The summed E-state index contributed by atoms with van der Waals surface area (Å²) in [6.45, 7) is 3.89. The minimum absolute atomic E-state index is 0.0173. The molecule has 2 aromatic heterocycles. The Balaban J connectivity index is 1.51. The van der Waals surface area contributed by atoms with Gasteiger partial charge in [0.15, 0.2) is 0 Å². The molecule has 0 saturated carbocycles. The summed E-state index contributed by atoms with van der Waals surface area (Å²) in [6.07, 6.45) is -0.934. The average molecular weight is 352 g/mol. The molecule has 2 aromatic rings. The highest BCUT2D eigenvalue weighted by atomic mass is 19.4. The van der Waals surface area contributed by atoms with E-state index in [0.717, 1.165) is 43.6 Å². The highest BCUT2D eigenvalue weighted by Gasteiger charge is 2.32. The normalized spacial score (nSPS) is 16.1. The van der Waals surface area contributed by atoms with Gasteiger partial charge in [0, 0.05) is 25.4 Å². The molecule has 0 bridgehead atoms. The highest BCUT2D eigenvalue weighted by molar-refractivity contribution is 5.37. The summed E-state index contributed by atoms with van der Waals surface area (Å²) in [5.74, 6) is 1.95. The fourth-order valence-electron chi connectivity index (χ4n) is 2.80. The van der Waals surface area contributed by atoms with Crippen molar-refractivity contribution in [2.45, 2.75) is 25.9 Å². The Hall–Kier alpha value is -2.38. The zero-order valence-electron chi connectivity index (χ0n) is 13.8. The SMILES string of the molecule is Cc1nccc(N2CCC(COc3cccc(C(F)(F)F)n3)CC2)n1. The van der Waals surface area contributed by atoms with Crippen molar-refractivity contribution in [3.8, 4) is 5.88 Å². The van der Waals surface area contributed by atoms with Crippen molar-refractivity contribution in [1.29, 1.82) is 0 Å². The van der Waals surface area contributed by atoms with Crippen LogP contribution < -0.4 is 9.64 Å². The zero-order valence-corrected chi connectivity index (χ0v) is 13.8. The van der Waals surface area contributed by atoms with Crippen molar-refractivity contribution in [3.63, 3.8) is 0 Å². The molecule has 0 atom stereocenters. The van der Waals surface area contributed by atoms with Crippen LogP contribution in [0.5, 0.6) is 5.88 Å². The molecule has 1 saturated heterocycles. The van der Waals surface area contributed by atoms with Gasteiger partial charge in [0.25, 0.3) is 0 Å². The van der Waals surface area contributed by atoms with Gasteiger partial charge in [-0.1, -0.05) is 6.07 Å². The van der Waals surface area contributed by atoms with E-state index in [9.17, 15) is 13.2 Å². The number of piperidine rings is 1. The van der Waals surface area contributed by atoms with Crippen molar-refractivity contribution in [1.82, 2.24) is 15.0 Å². The number of rotatable bonds is 4. The second-order valence-electron chi connectivity index (χ2n) is 6.06. The van der Waals surface area contributed by atoms with Gasteiger partial charge in [-0.15, -0.1) is 0 Å². The largest absolute Gasteiger partial charge is 0.477 e. The summed E-state index contributed by atoms with van der Waals surface area (Å²) >= 11 is 0. The van der Waals surface area contributed by atoms with Crippen LogP contribution in [0.1, 0.15) is 24.4 Å². The minimum atomic E-state index is -4.46. The molecule has 0 amide bonds. The molecule has 3 heterocycles. The number of hydrogen-bond acceptors (Lipinski definition) is 5. The number of alkyl halides is 3. The van der Waals surface area contributed by atoms with Gasteiger partial charge in [0.05, 0.1) is 6.61 Å². The lowest BCUT2D eigenvalue weighted by atomic mass is 9.98. The fraction of sp³-hybridized carbons (Fsp3) is 0.471. The summed E-state index contributed by atoms with van der Waals surface area (Å²) in [7, 11) is 0. The second-order valence-corrected chi connectivity index (χ2v) is 6.06. The first-order valence-corrected chi connectivity index (χ1v) is 8.13. The molecule has 0 radical (unpaired) electrons. The first-order chi connectivity index (χ1) is 11.9. The molecule has 0 aliphatic carbocycles. The van der Waals surface area contributed by atoms with Gasteiger partial charge in [-0.05, 0) is 37.8 Å². The predicted molar refractivity (Wildman–Crippen MR) is 86.4 cm³/mol. The van der Waals surface area contributed by atoms with Crippen LogP contribution in [0.15, 0.2) is 30.5 Å². The molecular formula is C17H19F3N4O. The lowest BCUT2D eigenvalue weighted by Crippen LogP contribution is -2.36. The summed E-state index contributed by atoms with van der Waals surface area (Å²) in [5.41, 5.74) is -0.932. The van der Waals surface area contributed by atoms with E-state index in [1.54, 1.807) is 6.20 Å². The van der Waals surface area contributed by atoms with Gasteiger partial charge in [-0.25, -0.2) is 15.0 Å². The van der Waals surface area contributed by atoms with E-state index in [0.29, 0.717) is 6.61 Å². The van der Waals surface area contributed by atoms with Crippen molar-refractivity contribution >= 4 is 5.82 Å². The monoisotopic (exact) mass is 352 g/mol. The van der Waals surface area contributed by atoms with Crippen molar-refractivity contribution in [2.75, 3.05) is 24.6 Å². The lowest BCUT2D eigenvalue weighted by molar-refractivity contribution is -0.141. The van der Waals surface area contributed by atoms with E-state index in [4.69, 9.17) is 4.74 Å². The van der Waals surface area contributed by atoms with E-state index >= 15 is 0 Å². The Kier molecular flexibility index (Phi) is 5.06. The van der Waals surface area contributed by atoms with E-state index in [1.807, 2.05) is 13.0 Å². The molecule has 0 spiro atoms. The topological polar surface area (TPSA) is 51.1 Å². The van der Waals surface area contributed by atoms with Crippen molar-refractivity contribution in [2.24, 2.45) is 5.92 Å². The zero-order chi connectivity index (χ0) is 17.9. The molecule has 134 valence electrons. The van der Waals surface area contributed by atoms with Crippen LogP contribution >= 0.6 is 0 Å². The molecule has 8 heteroatoms. The van der Waals surface area contributed by atoms with Crippen LogP contribution in [0.3, 0.4) is 0 Å². The number of pyridine rings is 1.